The van der Waals surface area contributed by atoms with Crippen LogP contribution in [0.15, 0.2) is 17.2 Å². The molecule has 0 saturated heterocycles. The summed E-state index contributed by atoms with van der Waals surface area (Å²) in [6, 6.07) is 1.18. The first-order valence-corrected chi connectivity index (χ1v) is 9.78. The SMILES string of the molecule is COC(=O)c1cc(=O)n(CCO[Si](C)(C)C(C)(C)C)cn1. The van der Waals surface area contributed by atoms with Gasteiger partial charge in [0, 0.05) is 12.6 Å². The Morgan fingerprint density at radius 3 is 2.48 bits per heavy atom. The van der Waals surface area contributed by atoms with E-state index in [-0.39, 0.29) is 16.3 Å². The predicted molar refractivity (Wildman–Crippen MR) is 83.0 cm³/mol. The van der Waals surface area contributed by atoms with Crippen molar-refractivity contribution in [1.82, 2.24) is 9.55 Å². The summed E-state index contributed by atoms with van der Waals surface area (Å²) in [5, 5.41) is 0.130. The fourth-order valence-electron chi connectivity index (χ4n) is 1.43. The Morgan fingerprint density at radius 1 is 1.38 bits per heavy atom. The van der Waals surface area contributed by atoms with E-state index in [1.165, 1.54) is 24.1 Å². The Bertz CT molecular complexity index is 561. The van der Waals surface area contributed by atoms with Gasteiger partial charge in [-0.25, -0.2) is 9.78 Å². The molecule has 0 aliphatic carbocycles. The second kappa shape index (κ2) is 6.53. The third-order valence-corrected chi connectivity index (χ3v) is 8.41. The van der Waals surface area contributed by atoms with Crippen LogP contribution in [0.1, 0.15) is 31.3 Å². The van der Waals surface area contributed by atoms with E-state index in [0.29, 0.717) is 13.2 Å². The van der Waals surface area contributed by atoms with Crippen LogP contribution >= 0.6 is 0 Å². The highest BCUT2D eigenvalue weighted by Crippen LogP contribution is 2.36. The van der Waals surface area contributed by atoms with E-state index in [4.69, 9.17) is 4.43 Å². The molecular weight excluding hydrogens is 288 g/mol. The molecular formula is C14H24N2O4Si. The Labute approximate surface area is 126 Å². The molecule has 0 amide bonds. The summed E-state index contributed by atoms with van der Waals surface area (Å²) in [6.07, 6.45) is 1.35. The molecule has 6 nitrogen and oxygen atoms in total. The first-order chi connectivity index (χ1) is 9.58. The topological polar surface area (TPSA) is 70.4 Å². The van der Waals surface area contributed by atoms with Crippen molar-refractivity contribution in [3.8, 4) is 0 Å². The number of aromatic nitrogens is 2. The van der Waals surface area contributed by atoms with Gasteiger partial charge in [0.1, 0.15) is 0 Å². The number of carbonyl (C=O) groups is 1. The molecule has 118 valence electrons. The number of hydrogen-bond donors (Lipinski definition) is 0. The van der Waals surface area contributed by atoms with E-state index >= 15 is 0 Å². The van der Waals surface area contributed by atoms with Crippen LogP contribution in [0.25, 0.3) is 0 Å². The molecule has 0 atom stereocenters. The van der Waals surface area contributed by atoms with Crippen LogP contribution in [0.2, 0.25) is 18.1 Å². The smallest absolute Gasteiger partial charge is 0.356 e. The molecule has 1 rings (SSSR count). The lowest BCUT2D eigenvalue weighted by atomic mass is 10.2. The molecule has 0 N–H and O–H groups in total. The van der Waals surface area contributed by atoms with Crippen molar-refractivity contribution < 1.29 is 14.0 Å². The van der Waals surface area contributed by atoms with Crippen molar-refractivity contribution in [2.75, 3.05) is 13.7 Å². The summed E-state index contributed by atoms with van der Waals surface area (Å²) in [5.74, 6) is -0.614. The molecule has 21 heavy (non-hydrogen) atoms. The van der Waals surface area contributed by atoms with E-state index in [0.717, 1.165) is 0 Å². The quantitative estimate of drug-likeness (QED) is 0.615. The van der Waals surface area contributed by atoms with E-state index in [2.05, 4.69) is 43.6 Å². The lowest BCUT2D eigenvalue weighted by Gasteiger charge is -2.36. The minimum absolute atomic E-state index is 0.0177. The third kappa shape index (κ3) is 4.50. The fourth-order valence-corrected chi connectivity index (χ4v) is 2.46. The zero-order chi connectivity index (χ0) is 16.3. The van der Waals surface area contributed by atoms with Gasteiger partial charge in [-0.2, -0.15) is 0 Å². The van der Waals surface area contributed by atoms with Crippen LogP contribution in [0.4, 0.5) is 0 Å². The standard InChI is InChI=1S/C14H24N2O4Si/c1-14(2,3)21(5,6)20-8-7-16-10-15-11(9-12(16)17)13(18)19-4/h9-10H,7-8H2,1-6H3. The van der Waals surface area contributed by atoms with Gasteiger partial charge in [-0.05, 0) is 18.1 Å². The van der Waals surface area contributed by atoms with E-state index in [9.17, 15) is 9.59 Å². The third-order valence-electron chi connectivity index (χ3n) is 3.88. The highest BCUT2D eigenvalue weighted by Gasteiger charge is 2.36. The molecule has 1 aromatic heterocycles. The maximum Gasteiger partial charge on any atom is 0.356 e. The zero-order valence-corrected chi connectivity index (χ0v) is 14.6. The lowest BCUT2D eigenvalue weighted by molar-refractivity contribution is 0.0593. The lowest BCUT2D eigenvalue weighted by Crippen LogP contribution is -2.41. The molecule has 1 aromatic rings. The van der Waals surface area contributed by atoms with Crippen molar-refractivity contribution in [2.45, 2.75) is 45.4 Å². The Hall–Kier alpha value is -1.47. The molecule has 1 heterocycles. The number of rotatable bonds is 5. The van der Waals surface area contributed by atoms with Crippen molar-refractivity contribution >= 4 is 14.3 Å². The Balaban J connectivity index is 2.70. The summed E-state index contributed by atoms with van der Waals surface area (Å²) in [5.41, 5.74) is -0.270. The van der Waals surface area contributed by atoms with Crippen LogP contribution in [0, 0.1) is 0 Å². The fraction of sp³-hybridized carbons (Fsp3) is 0.643. The van der Waals surface area contributed by atoms with Gasteiger partial charge >= 0.3 is 5.97 Å². The van der Waals surface area contributed by atoms with Crippen LogP contribution in [0.5, 0.6) is 0 Å². The number of esters is 1. The largest absolute Gasteiger partial charge is 0.464 e. The molecule has 0 aromatic carbocycles. The highest BCUT2D eigenvalue weighted by molar-refractivity contribution is 6.74. The van der Waals surface area contributed by atoms with Crippen LogP contribution in [0.3, 0.4) is 0 Å². The van der Waals surface area contributed by atoms with E-state index in [1.807, 2.05) is 0 Å². The summed E-state index contributed by atoms with van der Waals surface area (Å²) in [6.45, 7) is 11.7. The minimum atomic E-state index is -1.82. The molecule has 0 unspecified atom stereocenters. The molecule has 7 heteroatoms. The van der Waals surface area contributed by atoms with Crippen molar-refractivity contribution in [3.05, 3.63) is 28.4 Å². The van der Waals surface area contributed by atoms with E-state index in [1.54, 1.807) is 0 Å². The summed E-state index contributed by atoms with van der Waals surface area (Å²) in [7, 11) is -0.568. The van der Waals surface area contributed by atoms with Gasteiger partial charge in [0.2, 0.25) is 0 Å². The summed E-state index contributed by atoms with van der Waals surface area (Å²) >= 11 is 0. The Kier molecular flexibility index (Phi) is 5.46. The second-order valence-corrected chi connectivity index (χ2v) is 11.2. The van der Waals surface area contributed by atoms with Crippen molar-refractivity contribution in [3.63, 3.8) is 0 Å². The first-order valence-electron chi connectivity index (χ1n) is 6.87. The number of ether oxygens (including phenoxy) is 1. The van der Waals surface area contributed by atoms with Gasteiger partial charge in [0.05, 0.1) is 20.0 Å². The van der Waals surface area contributed by atoms with Gasteiger partial charge in [-0.15, -0.1) is 0 Å². The van der Waals surface area contributed by atoms with Crippen molar-refractivity contribution in [1.29, 1.82) is 0 Å². The molecule has 0 radical (unpaired) electrons. The van der Waals surface area contributed by atoms with E-state index < -0.39 is 14.3 Å². The van der Waals surface area contributed by atoms with Crippen LogP contribution in [-0.2, 0) is 15.7 Å². The predicted octanol–water partition coefficient (Wildman–Crippen LogP) is 2.05. The molecule has 0 aliphatic heterocycles. The maximum atomic E-state index is 11.9. The van der Waals surface area contributed by atoms with Gasteiger partial charge in [0.25, 0.3) is 5.56 Å². The van der Waals surface area contributed by atoms with Gasteiger partial charge in [-0.3, -0.25) is 9.36 Å². The van der Waals surface area contributed by atoms with Crippen LogP contribution in [-0.4, -0.2) is 37.6 Å². The zero-order valence-electron chi connectivity index (χ0n) is 13.6. The number of nitrogens with zero attached hydrogens (tertiary/aromatic N) is 2. The highest BCUT2D eigenvalue weighted by atomic mass is 28.4. The maximum absolute atomic E-state index is 11.9. The second-order valence-electron chi connectivity index (χ2n) is 6.41. The molecule has 0 aliphatic rings. The van der Waals surface area contributed by atoms with Gasteiger partial charge < -0.3 is 9.16 Å². The average Bonchev–Trinajstić information content (AvgIpc) is 2.38. The minimum Gasteiger partial charge on any atom is -0.464 e. The summed E-state index contributed by atoms with van der Waals surface area (Å²) < 4.78 is 12.0. The normalized spacial score (nSPS) is 12.3. The number of methoxy groups -OCH3 is 1. The van der Waals surface area contributed by atoms with Crippen molar-refractivity contribution in [2.24, 2.45) is 0 Å². The monoisotopic (exact) mass is 312 g/mol. The first kappa shape index (κ1) is 17.6. The number of carbonyl (C=O) groups excluding carboxylic acids is 1. The van der Waals surface area contributed by atoms with Crippen LogP contribution < -0.4 is 5.56 Å². The summed E-state index contributed by atoms with van der Waals surface area (Å²) in [4.78, 5) is 27.1. The van der Waals surface area contributed by atoms with Gasteiger partial charge in [-0.1, -0.05) is 20.8 Å². The number of hydrogen-bond acceptors (Lipinski definition) is 5. The van der Waals surface area contributed by atoms with Gasteiger partial charge in [0.15, 0.2) is 14.0 Å². The molecule has 0 spiro atoms. The Morgan fingerprint density at radius 2 is 2.00 bits per heavy atom. The molecule has 0 saturated carbocycles. The molecule has 0 bridgehead atoms. The molecule has 0 fully saturated rings. The average molecular weight is 312 g/mol.